The zero-order valence-corrected chi connectivity index (χ0v) is 10.7. The first-order chi connectivity index (χ1) is 9.33. The van der Waals surface area contributed by atoms with Crippen LogP contribution in [-0.4, -0.2) is 36.1 Å². The van der Waals surface area contributed by atoms with Gasteiger partial charge in [0.25, 0.3) is 0 Å². The fourth-order valence-electron chi connectivity index (χ4n) is 2.34. The highest BCUT2D eigenvalue weighted by Crippen LogP contribution is 2.20. The van der Waals surface area contributed by atoms with Gasteiger partial charge in [-0.25, -0.2) is 9.97 Å². The van der Waals surface area contributed by atoms with Crippen molar-refractivity contribution in [2.45, 2.75) is 0 Å². The largest absolute Gasteiger partial charge is 0.399 e. The van der Waals surface area contributed by atoms with Crippen molar-refractivity contribution < 1.29 is 0 Å². The highest BCUT2D eigenvalue weighted by molar-refractivity contribution is 5.56. The van der Waals surface area contributed by atoms with Crippen LogP contribution >= 0.6 is 0 Å². The van der Waals surface area contributed by atoms with Gasteiger partial charge < -0.3 is 15.5 Å². The lowest BCUT2D eigenvalue weighted by atomic mass is 10.2. The quantitative estimate of drug-likeness (QED) is 0.822. The highest BCUT2D eigenvalue weighted by Gasteiger charge is 2.18. The van der Waals surface area contributed by atoms with Crippen molar-refractivity contribution in [1.82, 2.24) is 9.97 Å². The molecule has 3 rings (SSSR count). The number of nitrogens with two attached hydrogens (primary N) is 1. The summed E-state index contributed by atoms with van der Waals surface area (Å²) in [6, 6.07) is 9.88. The molecule has 1 aliphatic heterocycles. The second-order valence-electron chi connectivity index (χ2n) is 4.62. The van der Waals surface area contributed by atoms with E-state index in [0.717, 1.165) is 37.8 Å². The van der Waals surface area contributed by atoms with E-state index in [2.05, 4.69) is 25.8 Å². The maximum absolute atomic E-state index is 5.83. The van der Waals surface area contributed by atoms with Gasteiger partial charge in [-0.2, -0.15) is 0 Å². The summed E-state index contributed by atoms with van der Waals surface area (Å²) in [6.45, 7) is 3.78. The minimum absolute atomic E-state index is 0.811. The third-order valence-corrected chi connectivity index (χ3v) is 3.35. The zero-order chi connectivity index (χ0) is 13.1. The Bertz CT molecular complexity index is 535. The average molecular weight is 255 g/mol. The molecule has 0 saturated carbocycles. The summed E-state index contributed by atoms with van der Waals surface area (Å²) in [7, 11) is 0. The maximum Gasteiger partial charge on any atom is 0.225 e. The second-order valence-corrected chi connectivity index (χ2v) is 4.62. The van der Waals surface area contributed by atoms with Crippen LogP contribution in [-0.2, 0) is 0 Å². The van der Waals surface area contributed by atoms with Gasteiger partial charge in [-0.05, 0) is 24.3 Å². The van der Waals surface area contributed by atoms with Crippen LogP contribution in [0.2, 0.25) is 0 Å². The van der Waals surface area contributed by atoms with Crippen LogP contribution in [0.5, 0.6) is 0 Å². The molecule has 1 aliphatic rings. The van der Waals surface area contributed by atoms with Crippen molar-refractivity contribution in [1.29, 1.82) is 0 Å². The summed E-state index contributed by atoms with van der Waals surface area (Å²) >= 11 is 0. The Morgan fingerprint density at radius 2 is 1.58 bits per heavy atom. The SMILES string of the molecule is Nc1cccc(N2CCN(c3ncccn3)CC2)c1. The lowest BCUT2D eigenvalue weighted by molar-refractivity contribution is 0.640. The molecule has 0 atom stereocenters. The first-order valence-corrected chi connectivity index (χ1v) is 6.45. The third-order valence-electron chi connectivity index (χ3n) is 3.35. The number of anilines is 3. The molecule has 1 aromatic heterocycles. The summed E-state index contributed by atoms with van der Waals surface area (Å²) < 4.78 is 0. The number of benzene rings is 1. The lowest BCUT2D eigenvalue weighted by Crippen LogP contribution is -2.47. The molecule has 2 aromatic rings. The van der Waals surface area contributed by atoms with Crippen LogP contribution in [0.4, 0.5) is 17.3 Å². The molecular formula is C14H17N5. The number of nitrogen functional groups attached to an aromatic ring is 1. The molecule has 19 heavy (non-hydrogen) atoms. The van der Waals surface area contributed by atoms with Gasteiger partial charge in [-0.1, -0.05) is 6.07 Å². The lowest BCUT2D eigenvalue weighted by Gasteiger charge is -2.36. The smallest absolute Gasteiger partial charge is 0.225 e. The average Bonchev–Trinajstić information content (AvgIpc) is 2.48. The molecule has 1 fully saturated rings. The van der Waals surface area contributed by atoms with Crippen LogP contribution in [0, 0.1) is 0 Å². The number of piperazine rings is 1. The fraction of sp³-hybridized carbons (Fsp3) is 0.286. The van der Waals surface area contributed by atoms with Crippen molar-refractivity contribution in [3.63, 3.8) is 0 Å². The molecule has 0 aliphatic carbocycles. The Morgan fingerprint density at radius 3 is 2.26 bits per heavy atom. The Morgan fingerprint density at radius 1 is 0.895 bits per heavy atom. The molecule has 5 heteroatoms. The van der Waals surface area contributed by atoms with Crippen LogP contribution in [0.25, 0.3) is 0 Å². The Balaban J connectivity index is 1.67. The number of nitrogens with zero attached hydrogens (tertiary/aromatic N) is 4. The predicted octanol–water partition coefficient (Wildman–Crippen LogP) is 1.39. The molecule has 2 N–H and O–H groups in total. The molecule has 98 valence electrons. The summed E-state index contributed by atoms with van der Waals surface area (Å²) in [5, 5.41) is 0. The molecule has 1 saturated heterocycles. The topological polar surface area (TPSA) is 58.3 Å². The van der Waals surface area contributed by atoms with Crippen molar-refractivity contribution in [3.8, 4) is 0 Å². The summed E-state index contributed by atoms with van der Waals surface area (Å²) in [4.78, 5) is 13.1. The molecule has 0 amide bonds. The van der Waals surface area contributed by atoms with Gasteiger partial charge in [-0.3, -0.25) is 0 Å². The molecule has 0 bridgehead atoms. The van der Waals surface area contributed by atoms with Crippen LogP contribution in [0.3, 0.4) is 0 Å². The van der Waals surface area contributed by atoms with Gasteiger partial charge in [0.15, 0.2) is 0 Å². The van der Waals surface area contributed by atoms with E-state index in [1.807, 2.05) is 24.3 Å². The van der Waals surface area contributed by atoms with Crippen LogP contribution in [0.1, 0.15) is 0 Å². The van der Waals surface area contributed by atoms with E-state index < -0.39 is 0 Å². The number of rotatable bonds is 2. The monoisotopic (exact) mass is 255 g/mol. The number of hydrogen-bond donors (Lipinski definition) is 1. The van der Waals surface area contributed by atoms with Gasteiger partial charge >= 0.3 is 0 Å². The number of hydrogen-bond acceptors (Lipinski definition) is 5. The molecule has 0 spiro atoms. The van der Waals surface area contributed by atoms with Gasteiger partial charge in [-0.15, -0.1) is 0 Å². The van der Waals surface area contributed by atoms with E-state index in [1.165, 1.54) is 5.69 Å². The fourth-order valence-corrected chi connectivity index (χ4v) is 2.34. The molecule has 5 nitrogen and oxygen atoms in total. The summed E-state index contributed by atoms with van der Waals surface area (Å²) in [5.41, 5.74) is 7.83. The Kier molecular flexibility index (Phi) is 3.18. The molecule has 2 heterocycles. The van der Waals surface area contributed by atoms with Crippen molar-refractivity contribution >= 4 is 17.3 Å². The summed E-state index contributed by atoms with van der Waals surface area (Å²) in [5.74, 6) is 0.815. The number of aromatic nitrogens is 2. The van der Waals surface area contributed by atoms with Crippen molar-refractivity contribution in [2.75, 3.05) is 41.7 Å². The molecular weight excluding hydrogens is 238 g/mol. The third kappa shape index (κ3) is 2.59. The van der Waals surface area contributed by atoms with E-state index >= 15 is 0 Å². The van der Waals surface area contributed by atoms with Gasteiger partial charge in [0.05, 0.1) is 0 Å². The van der Waals surface area contributed by atoms with Crippen molar-refractivity contribution in [2.24, 2.45) is 0 Å². The first kappa shape index (κ1) is 11.8. The second kappa shape index (κ2) is 5.14. The minimum Gasteiger partial charge on any atom is -0.399 e. The maximum atomic E-state index is 5.83. The van der Waals surface area contributed by atoms with E-state index in [-0.39, 0.29) is 0 Å². The van der Waals surface area contributed by atoms with E-state index in [0.29, 0.717) is 0 Å². The van der Waals surface area contributed by atoms with Crippen LogP contribution < -0.4 is 15.5 Å². The van der Waals surface area contributed by atoms with Gasteiger partial charge in [0.1, 0.15) is 0 Å². The van der Waals surface area contributed by atoms with E-state index in [9.17, 15) is 0 Å². The minimum atomic E-state index is 0.811. The normalized spacial score (nSPS) is 15.6. The molecule has 1 aromatic carbocycles. The zero-order valence-electron chi connectivity index (χ0n) is 10.7. The molecule has 0 radical (unpaired) electrons. The standard InChI is InChI=1S/C14H17N5/c15-12-3-1-4-13(11-12)18-7-9-19(10-8-18)14-16-5-2-6-17-14/h1-6,11H,7-10,15H2. The first-order valence-electron chi connectivity index (χ1n) is 6.45. The van der Waals surface area contributed by atoms with E-state index in [4.69, 9.17) is 5.73 Å². The van der Waals surface area contributed by atoms with Gasteiger partial charge in [0, 0.05) is 49.9 Å². The van der Waals surface area contributed by atoms with Crippen LogP contribution in [0.15, 0.2) is 42.7 Å². The molecule has 0 unspecified atom stereocenters. The van der Waals surface area contributed by atoms with E-state index in [1.54, 1.807) is 12.4 Å². The summed E-state index contributed by atoms with van der Waals surface area (Å²) in [6.07, 6.45) is 3.57. The Hall–Kier alpha value is -2.30. The van der Waals surface area contributed by atoms with Crippen molar-refractivity contribution in [3.05, 3.63) is 42.7 Å². The Labute approximate surface area is 112 Å². The predicted molar refractivity (Wildman–Crippen MR) is 77.3 cm³/mol. The van der Waals surface area contributed by atoms with Gasteiger partial charge in [0.2, 0.25) is 5.95 Å². The highest BCUT2D eigenvalue weighted by atomic mass is 15.3.